The summed E-state index contributed by atoms with van der Waals surface area (Å²) >= 11 is 0. The van der Waals surface area contributed by atoms with Gasteiger partial charge in [-0.3, -0.25) is 9.69 Å². The van der Waals surface area contributed by atoms with E-state index < -0.39 is 0 Å². The van der Waals surface area contributed by atoms with Crippen molar-refractivity contribution in [1.29, 1.82) is 0 Å². The highest BCUT2D eigenvalue weighted by molar-refractivity contribution is 5.82. The Labute approximate surface area is 145 Å². The summed E-state index contributed by atoms with van der Waals surface area (Å²) in [5, 5.41) is 0. The molecule has 0 aromatic rings. The molecule has 1 unspecified atom stereocenters. The van der Waals surface area contributed by atoms with Crippen molar-refractivity contribution in [3.8, 4) is 0 Å². The maximum Gasteiger partial charge on any atom is 0.239 e. The molecule has 0 bridgehead atoms. The molecule has 0 radical (unpaired) electrons. The van der Waals surface area contributed by atoms with Crippen LogP contribution in [0, 0.1) is 5.92 Å². The molecule has 1 amide bonds. The molecule has 3 heterocycles. The van der Waals surface area contributed by atoms with Gasteiger partial charge in [-0.05, 0) is 45.1 Å². The highest BCUT2D eigenvalue weighted by atomic mass is 16.7. The van der Waals surface area contributed by atoms with Crippen LogP contribution in [0.2, 0.25) is 0 Å². The van der Waals surface area contributed by atoms with Crippen LogP contribution in [-0.2, 0) is 14.3 Å². The van der Waals surface area contributed by atoms with E-state index >= 15 is 0 Å². The number of hydrogen-bond donors (Lipinski definition) is 0. The summed E-state index contributed by atoms with van der Waals surface area (Å²) < 4.78 is 11.3. The molecule has 0 aromatic carbocycles. The predicted octanol–water partition coefficient (Wildman–Crippen LogP) is 2.40. The van der Waals surface area contributed by atoms with Crippen LogP contribution in [0.15, 0.2) is 0 Å². The first-order valence-electron chi connectivity index (χ1n) is 10.1. The quantitative estimate of drug-likeness (QED) is 0.794. The van der Waals surface area contributed by atoms with Gasteiger partial charge in [-0.25, -0.2) is 0 Å². The third kappa shape index (κ3) is 3.49. The summed E-state index contributed by atoms with van der Waals surface area (Å²) in [5.74, 6) is 0.863. The molecule has 1 aliphatic carbocycles. The van der Waals surface area contributed by atoms with Gasteiger partial charge in [0.05, 0.1) is 19.3 Å². The van der Waals surface area contributed by atoms with Gasteiger partial charge in [-0.15, -0.1) is 0 Å². The smallest absolute Gasteiger partial charge is 0.239 e. The van der Waals surface area contributed by atoms with E-state index in [1.165, 1.54) is 38.5 Å². The van der Waals surface area contributed by atoms with Crippen LogP contribution in [0.3, 0.4) is 0 Å². The number of amides is 1. The van der Waals surface area contributed by atoms with E-state index in [-0.39, 0.29) is 12.3 Å². The number of rotatable bonds is 3. The number of hydrogen-bond acceptors (Lipinski definition) is 4. The molecule has 0 N–H and O–H groups in total. The molecule has 5 heteroatoms. The van der Waals surface area contributed by atoms with Gasteiger partial charge in [0, 0.05) is 25.0 Å². The van der Waals surface area contributed by atoms with Gasteiger partial charge in [-0.1, -0.05) is 19.3 Å². The zero-order valence-electron chi connectivity index (χ0n) is 14.8. The van der Waals surface area contributed by atoms with E-state index in [4.69, 9.17) is 9.47 Å². The van der Waals surface area contributed by atoms with Crippen molar-refractivity contribution >= 4 is 5.91 Å². The molecular formula is C19H32N2O3. The topological polar surface area (TPSA) is 42.0 Å². The molecule has 24 heavy (non-hydrogen) atoms. The Kier molecular flexibility index (Phi) is 5.40. The SMILES string of the molecule is O=C(C1CCCCN1C1CCCC1)N1CCC(C2OCCO2)CC1. The minimum Gasteiger partial charge on any atom is -0.350 e. The van der Waals surface area contributed by atoms with Crippen molar-refractivity contribution in [2.45, 2.75) is 76.2 Å². The third-order valence-corrected chi connectivity index (χ3v) is 6.51. The van der Waals surface area contributed by atoms with Gasteiger partial charge in [0.15, 0.2) is 6.29 Å². The summed E-state index contributed by atoms with van der Waals surface area (Å²) in [6.45, 7) is 4.33. The third-order valence-electron chi connectivity index (χ3n) is 6.51. The molecule has 4 rings (SSSR count). The Morgan fingerprint density at radius 2 is 1.46 bits per heavy atom. The Balaban J connectivity index is 1.34. The Morgan fingerprint density at radius 1 is 0.792 bits per heavy atom. The Bertz CT molecular complexity index is 424. The van der Waals surface area contributed by atoms with E-state index in [0.29, 0.717) is 17.9 Å². The van der Waals surface area contributed by atoms with Crippen molar-refractivity contribution in [2.24, 2.45) is 5.92 Å². The first kappa shape index (κ1) is 16.8. The second-order valence-corrected chi connectivity index (χ2v) is 7.96. The van der Waals surface area contributed by atoms with Crippen molar-refractivity contribution in [2.75, 3.05) is 32.8 Å². The summed E-state index contributed by atoms with van der Waals surface area (Å²) in [4.78, 5) is 17.9. The van der Waals surface area contributed by atoms with Crippen LogP contribution in [-0.4, -0.2) is 66.9 Å². The molecule has 5 nitrogen and oxygen atoms in total. The summed E-state index contributed by atoms with van der Waals surface area (Å²) in [6.07, 6.45) is 10.8. The van der Waals surface area contributed by atoms with Crippen molar-refractivity contribution in [3.05, 3.63) is 0 Å². The lowest BCUT2D eigenvalue weighted by Crippen LogP contribution is -2.55. The minimum absolute atomic E-state index is 0.0214. The zero-order chi connectivity index (χ0) is 16.4. The highest BCUT2D eigenvalue weighted by Crippen LogP contribution is 2.32. The number of carbonyl (C=O) groups is 1. The van der Waals surface area contributed by atoms with E-state index in [2.05, 4.69) is 9.80 Å². The largest absolute Gasteiger partial charge is 0.350 e. The van der Waals surface area contributed by atoms with E-state index in [9.17, 15) is 4.79 Å². The summed E-state index contributed by atoms with van der Waals surface area (Å²) in [6, 6.07) is 0.814. The fraction of sp³-hybridized carbons (Fsp3) is 0.947. The molecule has 136 valence electrons. The first-order valence-corrected chi connectivity index (χ1v) is 10.1. The second-order valence-electron chi connectivity index (χ2n) is 7.96. The standard InChI is InChI=1S/C19H32N2O3/c22-18(17-7-3-4-10-21(17)16-5-1-2-6-16)20-11-8-15(9-12-20)19-23-13-14-24-19/h15-17,19H,1-14H2. The lowest BCUT2D eigenvalue weighted by atomic mass is 9.93. The number of nitrogens with zero attached hydrogens (tertiary/aromatic N) is 2. The monoisotopic (exact) mass is 336 g/mol. The van der Waals surface area contributed by atoms with Crippen LogP contribution >= 0.6 is 0 Å². The maximum atomic E-state index is 13.2. The Morgan fingerprint density at radius 3 is 2.17 bits per heavy atom. The first-order chi connectivity index (χ1) is 11.8. The van der Waals surface area contributed by atoms with Crippen molar-refractivity contribution in [1.82, 2.24) is 9.80 Å². The van der Waals surface area contributed by atoms with Crippen LogP contribution in [0.25, 0.3) is 0 Å². The van der Waals surface area contributed by atoms with Crippen LogP contribution in [0.1, 0.15) is 57.8 Å². The van der Waals surface area contributed by atoms with Gasteiger partial charge >= 0.3 is 0 Å². The molecule has 3 saturated heterocycles. The Hall–Kier alpha value is -0.650. The summed E-state index contributed by atoms with van der Waals surface area (Å²) in [5.41, 5.74) is 0. The average molecular weight is 336 g/mol. The zero-order valence-corrected chi connectivity index (χ0v) is 14.8. The number of ether oxygens (including phenoxy) is 2. The van der Waals surface area contributed by atoms with Gasteiger partial charge in [0.25, 0.3) is 0 Å². The van der Waals surface area contributed by atoms with Gasteiger partial charge in [-0.2, -0.15) is 0 Å². The number of likely N-dealkylation sites (tertiary alicyclic amines) is 2. The minimum atomic E-state index is -0.0214. The number of piperidine rings is 2. The van der Waals surface area contributed by atoms with Crippen LogP contribution in [0.4, 0.5) is 0 Å². The van der Waals surface area contributed by atoms with Gasteiger partial charge in [0.2, 0.25) is 5.91 Å². The lowest BCUT2D eigenvalue weighted by Gasteiger charge is -2.42. The normalized spacial score (nSPS) is 31.8. The fourth-order valence-electron chi connectivity index (χ4n) is 5.14. The molecule has 4 fully saturated rings. The fourth-order valence-corrected chi connectivity index (χ4v) is 5.14. The average Bonchev–Trinajstić information content (AvgIpc) is 3.35. The predicted molar refractivity (Wildman–Crippen MR) is 91.6 cm³/mol. The molecule has 0 aromatic heterocycles. The summed E-state index contributed by atoms with van der Waals surface area (Å²) in [7, 11) is 0. The van der Waals surface area contributed by atoms with E-state index in [1.54, 1.807) is 0 Å². The molecule has 3 aliphatic heterocycles. The maximum absolute atomic E-state index is 13.2. The molecular weight excluding hydrogens is 304 g/mol. The molecule has 4 aliphatic rings. The van der Waals surface area contributed by atoms with Crippen molar-refractivity contribution < 1.29 is 14.3 Å². The van der Waals surface area contributed by atoms with Crippen LogP contribution < -0.4 is 0 Å². The lowest BCUT2D eigenvalue weighted by molar-refractivity contribution is -0.144. The van der Waals surface area contributed by atoms with Gasteiger partial charge in [0.1, 0.15) is 0 Å². The molecule has 0 spiro atoms. The van der Waals surface area contributed by atoms with Crippen LogP contribution in [0.5, 0.6) is 0 Å². The second kappa shape index (κ2) is 7.71. The van der Waals surface area contributed by atoms with E-state index in [0.717, 1.165) is 52.1 Å². The van der Waals surface area contributed by atoms with Gasteiger partial charge < -0.3 is 14.4 Å². The van der Waals surface area contributed by atoms with E-state index in [1.807, 2.05) is 0 Å². The molecule has 1 saturated carbocycles. The molecule has 1 atom stereocenters. The highest BCUT2D eigenvalue weighted by Gasteiger charge is 2.38. The van der Waals surface area contributed by atoms with Crippen molar-refractivity contribution in [3.63, 3.8) is 0 Å². The number of carbonyl (C=O) groups excluding carboxylic acids is 1.